The number of aromatic nitrogens is 2. The number of sulfonamides is 1. The second-order valence-corrected chi connectivity index (χ2v) is 11.2. The normalized spacial score (nSPS) is 20.2. The monoisotopic (exact) mass is 493 g/mol. The highest BCUT2D eigenvalue weighted by Gasteiger charge is 2.34. The van der Waals surface area contributed by atoms with Crippen molar-refractivity contribution in [1.82, 2.24) is 18.8 Å². The number of anilines is 1. The van der Waals surface area contributed by atoms with Crippen molar-refractivity contribution in [3.8, 4) is 5.75 Å². The van der Waals surface area contributed by atoms with Gasteiger partial charge in [0.2, 0.25) is 5.91 Å². The molecule has 3 rings (SSSR count). The summed E-state index contributed by atoms with van der Waals surface area (Å²) >= 11 is 0. The number of hydrogen-bond acceptors (Lipinski definition) is 7. The lowest BCUT2D eigenvalue weighted by Gasteiger charge is -2.33. The van der Waals surface area contributed by atoms with Gasteiger partial charge in [-0.2, -0.15) is 4.31 Å². The minimum Gasteiger partial charge on any atom is -0.488 e. The summed E-state index contributed by atoms with van der Waals surface area (Å²) in [4.78, 5) is 20.8. The number of aliphatic hydroxyl groups is 1. The van der Waals surface area contributed by atoms with Gasteiger partial charge in [-0.1, -0.05) is 6.92 Å². The lowest BCUT2D eigenvalue weighted by atomic mass is 10.0. The van der Waals surface area contributed by atoms with Gasteiger partial charge < -0.3 is 24.2 Å². The predicted octanol–water partition coefficient (Wildman–Crippen LogP) is 0.956. The first-order valence-electron chi connectivity index (χ1n) is 11.3. The molecule has 188 valence electrons. The maximum atomic E-state index is 13.2. The van der Waals surface area contributed by atoms with Crippen LogP contribution in [0.15, 0.2) is 35.7 Å². The Bertz CT molecular complexity index is 1120. The van der Waals surface area contributed by atoms with Gasteiger partial charge in [0.1, 0.15) is 11.9 Å². The molecule has 1 aromatic heterocycles. The first-order chi connectivity index (χ1) is 15.9. The maximum Gasteiger partial charge on any atom is 0.261 e. The number of fused-ring (bicyclic) bond motifs is 1. The molecule has 34 heavy (non-hydrogen) atoms. The number of benzene rings is 1. The van der Waals surface area contributed by atoms with E-state index in [1.165, 1.54) is 23.9 Å². The number of imidazole rings is 1. The van der Waals surface area contributed by atoms with Crippen LogP contribution < -0.4 is 9.64 Å². The zero-order chi connectivity index (χ0) is 25.2. The average Bonchev–Trinajstić information content (AvgIpc) is 3.24. The minimum atomic E-state index is -3.82. The Labute approximate surface area is 201 Å². The number of likely N-dealkylation sites (N-methyl/N-ethyl adjacent to an activating group) is 1. The summed E-state index contributed by atoms with van der Waals surface area (Å²) in [7, 11) is 3.23. The molecule has 0 aliphatic carbocycles. The quantitative estimate of drug-likeness (QED) is 0.612. The van der Waals surface area contributed by atoms with E-state index in [4.69, 9.17) is 4.74 Å². The summed E-state index contributed by atoms with van der Waals surface area (Å²) < 4.78 is 35.4. The van der Waals surface area contributed by atoms with E-state index in [9.17, 15) is 18.3 Å². The number of nitrogens with zero attached hydrogens (tertiary/aromatic N) is 5. The number of aryl methyl sites for hydroxylation is 1. The van der Waals surface area contributed by atoms with Crippen LogP contribution in [-0.2, 0) is 28.3 Å². The first-order valence-corrected chi connectivity index (χ1v) is 12.7. The molecule has 0 spiro atoms. The Balaban J connectivity index is 1.98. The van der Waals surface area contributed by atoms with Gasteiger partial charge in [0.25, 0.3) is 10.0 Å². The first kappa shape index (κ1) is 26.0. The standard InChI is InChI=1S/C23H35N5O5S/c1-16-11-28(17(2)14-29)23(30)10-18-9-19(25(3)4)7-8-20(18)33-21(16)12-27(6)34(31,32)22-13-26(5)15-24-22/h7-9,13,15-17,21,29H,10-12,14H2,1-6H3/t16-,17-,21+/m1/s1. The van der Waals surface area contributed by atoms with E-state index in [0.29, 0.717) is 12.3 Å². The molecule has 11 heteroatoms. The zero-order valence-corrected chi connectivity index (χ0v) is 21.5. The third kappa shape index (κ3) is 5.53. The van der Waals surface area contributed by atoms with Crippen molar-refractivity contribution in [3.05, 3.63) is 36.3 Å². The van der Waals surface area contributed by atoms with Crippen LogP contribution in [0.2, 0.25) is 0 Å². The van der Waals surface area contributed by atoms with Gasteiger partial charge in [-0.25, -0.2) is 13.4 Å². The molecule has 1 aromatic carbocycles. The van der Waals surface area contributed by atoms with Crippen molar-refractivity contribution in [2.75, 3.05) is 45.7 Å². The van der Waals surface area contributed by atoms with Gasteiger partial charge in [-0.05, 0) is 25.1 Å². The fraction of sp³-hybridized carbons (Fsp3) is 0.565. The van der Waals surface area contributed by atoms with Gasteiger partial charge in [0.15, 0.2) is 5.03 Å². The molecule has 1 aliphatic heterocycles. The summed E-state index contributed by atoms with van der Waals surface area (Å²) in [5.74, 6) is 0.237. The Hall–Kier alpha value is -2.63. The Morgan fingerprint density at radius 1 is 1.29 bits per heavy atom. The van der Waals surface area contributed by atoms with Crippen molar-refractivity contribution >= 4 is 21.6 Å². The summed E-state index contributed by atoms with van der Waals surface area (Å²) in [5, 5.41) is 9.72. The maximum absolute atomic E-state index is 13.2. The fourth-order valence-electron chi connectivity index (χ4n) is 3.95. The van der Waals surface area contributed by atoms with Crippen LogP contribution in [0, 0.1) is 5.92 Å². The van der Waals surface area contributed by atoms with E-state index >= 15 is 0 Å². The molecule has 0 saturated carbocycles. The Kier molecular flexibility index (Phi) is 7.89. The molecule has 1 amide bonds. The second kappa shape index (κ2) is 10.3. The van der Waals surface area contributed by atoms with Crippen LogP contribution >= 0.6 is 0 Å². The lowest BCUT2D eigenvalue weighted by molar-refractivity contribution is -0.134. The lowest BCUT2D eigenvalue weighted by Crippen LogP contribution is -2.48. The number of hydrogen-bond donors (Lipinski definition) is 1. The van der Waals surface area contributed by atoms with E-state index in [1.807, 2.05) is 44.1 Å². The van der Waals surface area contributed by atoms with Crippen LogP contribution in [0.5, 0.6) is 5.75 Å². The molecule has 0 fully saturated rings. The van der Waals surface area contributed by atoms with Crippen molar-refractivity contribution < 1.29 is 23.1 Å². The Morgan fingerprint density at radius 2 is 2.00 bits per heavy atom. The topological polar surface area (TPSA) is 108 Å². The van der Waals surface area contributed by atoms with E-state index in [0.717, 1.165) is 11.3 Å². The van der Waals surface area contributed by atoms with Crippen molar-refractivity contribution in [1.29, 1.82) is 0 Å². The second-order valence-electron chi connectivity index (χ2n) is 9.24. The van der Waals surface area contributed by atoms with Gasteiger partial charge in [-0.3, -0.25) is 4.79 Å². The molecule has 2 aromatic rings. The Morgan fingerprint density at radius 3 is 2.59 bits per heavy atom. The highest BCUT2D eigenvalue weighted by Crippen LogP contribution is 2.30. The molecule has 1 N–H and O–H groups in total. The largest absolute Gasteiger partial charge is 0.488 e. The number of aliphatic hydroxyl groups excluding tert-OH is 1. The molecule has 0 bridgehead atoms. The number of amides is 1. The van der Waals surface area contributed by atoms with Gasteiger partial charge >= 0.3 is 0 Å². The zero-order valence-electron chi connectivity index (χ0n) is 20.7. The van der Waals surface area contributed by atoms with Gasteiger partial charge in [0, 0.05) is 58.1 Å². The van der Waals surface area contributed by atoms with Crippen LogP contribution in [0.4, 0.5) is 5.69 Å². The van der Waals surface area contributed by atoms with Crippen molar-refractivity contribution in [2.24, 2.45) is 13.0 Å². The van der Waals surface area contributed by atoms with E-state index in [-0.39, 0.29) is 42.5 Å². The van der Waals surface area contributed by atoms with E-state index in [1.54, 1.807) is 23.4 Å². The van der Waals surface area contributed by atoms with Crippen LogP contribution in [0.3, 0.4) is 0 Å². The molecule has 0 radical (unpaired) electrons. The number of carbonyl (C=O) groups is 1. The SMILES string of the molecule is C[C@@H]1CN([C@H](C)CO)C(=O)Cc2cc(N(C)C)ccc2O[C@H]1CN(C)S(=O)(=O)c1cn(C)cn1. The molecule has 0 unspecified atom stereocenters. The smallest absolute Gasteiger partial charge is 0.261 e. The highest BCUT2D eigenvalue weighted by atomic mass is 32.2. The number of carbonyl (C=O) groups excluding carboxylic acids is 1. The molecule has 1 aliphatic rings. The molecular formula is C23H35N5O5S. The van der Waals surface area contributed by atoms with E-state index < -0.39 is 16.1 Å². The summed E-state index contributed by atoms with van der Waals surface area (Å²) in [6, 6.07) is 5.28. The summed E-state index contributed by atoms with van der Waals surface area (Å²) in [5.41, 5.74) is 1.65. The molecular weight excluding hydrogens is 458 g/mol. The van der Waals surface area contributed by atoms with Gasteiger partial charge in [0.05, 0.1) is 31.9 Å². The minimum absolute atomic E-state index is 0.0325. The third-order valence-corrected chi connectivity index (χ3v) is 7.92. The number of rotatable bonds is 7. The van der Waals surface area contributed by atoms with Crippen LogP contribution in [0.1, 0.15) is 19.4 Å². The predicted molar refractivity (Wildman–Crippen MR) is 129 cm³/mol. The highest BCUT2D eigenvalue weighted by molar-refractivity contribution is 7.89. The summed E-state index contributed by atoms with van der Waals surface area (Å²) in [6.07, 6.45) is 2.49. The average molecular weight is 494 g/mol. The molecule has 3 atom stereocenters. The van der Waals surface area contributed by atoms with Crippen molar-refractivity contribution in [3.63, 3.8) is 0 Å². The summed E-state index contributed by atoms with van der Waals surface area (Å²) in [6.45, 7) is 3.97. The number of ether oxygens (including phenoxy) is 1. The molecule has 0 saturated heterocycles. The van der Waals surface area contributed by atoms with Crippen LogP contribution in [0.25, 0.3) is 0 Å². The molecule has 10 nitrogen and oxygen atoms in total. The third-order valence-electron chi connectivity index (χ3n) is 6.21. The van der Waals surface area contributed by atoms with Crippen molar-refractivity contribution in [2.45, 2.75) is 37.4 Å². The van der Waals surface area contributed by atoms with E-state index in [2.05, 4.69) is 4.98 Å². The molecule has 2 heterocycles. The van der Waals surface area contributed by atoms with Crippen LogP contribution in [-0.4, -0.2) is 91.2 Å². The fourth-order valence-corrected chi connectivity index (χ4v) is 5.09. The van der Waals surface area contributed by atoms with Gasteiger partial charge in [-0.15, -0.1) is 0 Å².